The van der Waals surface area contributed by atoms with E-state index in [9.17, 15) is 14.7 Å². The van der Waals surface area contributed by atoms with Crippen LogP contribution in [0.5, 0.6) is 0 Å². The van der Waals surface area contributed by atoms with Crippen molar-refractivity contribution in [3.8, 4) is 0 Å². The molecule has 4 aliphatic rings. The van der Waals surface area contributed by atoms with Crippen LogP contribution >= 0.6 is 11.6 Å². The molecule has 4 bridgehead atoms. The lowest BCUT2D eigenvalue weighted by Crippen LogP contribution is -2.61. The number of carbonyl (C=O) groups excluding carboxylic acids is 1. The molecule has 4 saturated carbocycles. The number of rotatable bonds is 3. The van der Waals surface area contributed by atoms with Gasteiger partial charge in [-0.3, -0.25) is 9.59 Å². The van der Waals surface area contributed by atoms with Crippen LogP contribution in [0, 0.1) is 30.1 Å². The summed E-state index contributed by atoms with van der Waals surface area (Å²) in [5.74, 6) is 0.158. The van der Waals surface area contributed by atoms with E-state index in [1.54, 1.807) is 12.1 Å². The Labute approximate surface area is 145 Å². The number of carboxylic acids is 1. The molecule has 1 aromatic heterocycles. The molecular formula is C18H21ClN2O3. The molecule has 1 heterocycles. The second kappa shape index (κ2) is 5.45. The molecule has 128 valence electrons. The van der Waals surface area contributed by atoms with Gasteiger partial charge in [0.05, 0.1) is 11.0 Å². The second-order valence-electron chi connectivity index (χ2n) is 7.85. The third kappa shape index (κ3) is 2.41. The lowest BCUT2D eigenvalue weighted by Gasteiger charge is -2.58. The number of nitrogens with one attached hydrogen (secondary N) is 1. The Morgan fingerprint density at radius 3 is 2.50 bits per heavy atom. The summed E-state index contributed by atoms with van der Waals surface area (Å²) in [6.07, 6.45) is 4.22. The first-order chi connectivity index (χ1) is 11.4. The summed E-state index contributed by atoms with van der Waals surface area (Å²) < 4.78 is 0. The minimum Gasteiger partial charge on any atom is -0.481 e. The van der Waals surface area contributed by atoms with Crippen molar-refractivity contribution in [1.82, 2.24) is 10.3 Å². The maximum Gasteiger partial charge on any atom is 0.309 e. The zero-order valence-electron chi connectivity index (χ0n) is 13.6. The standard InChI is InChI=1S/C18H21ClN2O3/c1-9-2-3-13(15(19)20-9)16(22)21-14-11-4-10-5-12(14)8-18(6-10,7-11)17(23)24/h2-3,10-12,14H,4-8H2,1H3,(H,21,22)(H,23,24)/t10?,11-,12?,14?,18?/m1/s1. The van der Waals surface area contributed by atoms with Gasteiger partial charge in [0.15, 0.2) is 0 Å². The van der Waals surface area contributed by atoms with E-state index in [0.29, 0.717) is 24.3 Å². The first kappa shape index (κ1) is 15.9. The van der Waals surface area contributed by atoms with Gasteiger partial charge in [-0.15, -0.1) is 0 Å². The molecule has 0 radical (unpaired) electrons. The van der Waals surface area contributed by atoms with E-state index in [1.165, 1.54) is 0 Å². The van der Waals surface area contributed by atoms with Crippen molar-refractivity contribution in [3.05, 3.63) is 28.5 Å². The first-order valence-electron chi connectivity index (χ1n) is 8.55. The van der Waals surface area contributed by atoms with Gasteiger partial charge in [-0.05, 0) is 68.9 Å². The van der Waals surface area contributed by atoms with Crippen LogP contribution < -0.4 is 5.32 Å². The fourth-order valence-electron chi connectivity index (χ4n) is 5.45. The molecule has 0 aliphatic heterocycles. The van der Waals surface area contributed by atoms with Gasteiger partial charge in [0.25, 0.3) is 5.91 Å². The molecule has 2 N–H and O–H groups in total. The van der Waals surface area contributed by atoms with E-state index < -0.39 is 11.4 Å². The summed E-state index contributed by atoms with van der Waals surface area (Å²) in [5.41, 5.74) is 0.611. The topological polar surface area (TPSA) is 79.3 Å². The van der Waals surface area contributed by atoms with Gasteiger partial charge < -0.3 is 10.4 Å². The molecule has 0 saturated heterocycles. The van der Waals surface area contributed by atoms with Crippen molar-refractivity contribution in [3.63, 3.8) is 0 Å². The Bertz CT molecular complexity index is 704. The van der Waals surface area contributed by atoms with Gasteiger partial charge in [-0.2, -0.15) is 0 Å². The fraction of sp³-hybridized carbons (Fsp3) is 0.611. The number of pyridine rings is 1. The highest BCUT2D eigenvalue weighted by molar-refractivity contribution is 6.32. The summed E-state index contributed by atoms with van der Waals surface area (Å²) in [6.45, 7) is 1.83. The highest BCUT2D eigenvalue weighted by Gasteiger charge is 2.58. The molecule has 5 nitrogen and oxygen atoms in total. The molecule has 0 aromatic carbocycles. The summed E-state index contributed by atoms with van der Waals surface area (Å²) >= 11 is 6.11. The normalized spacial score (nSPS) is 36.6. The molecule has 4 fully saturated rings. The van der Waals surface area contributed by atoms with Crippen molar-refractivity contribution in [1.29, 1.82) is 0 Å². The highest BCUT2D eigenvalue weighted by atomic mass is 35.5. The van der Waals surface area contributed by atoms with Crippen LogP contribution in [0.2, 0.25) is 5.15 Å². The van der Waals surface area contributed by atoms with Gasteiger partial charge in [0, 0.05) is 11.7 Å². The van der Waals surface area contributed by atoms with E-state index in [4.69, 9.17) is 11.6 Å². The van der Waals surface area contributed by atoms with E-state index in [1.807, 2.05) is 6.92 Å². The Kier molecular flexibility index (Phi) is 3.60. The van der Waals surface area contributed by atoms with E-state index in [-0.39, 0.29) is 28.9 Å². The summed E-state index contributed by atoms with van der Waals surface area (Å²) in [6, 6.07) is 3.53. The minimum atomic E-state index is -0.655. The van der Waals surface area contributed by atoms with Gasteiger partial charge in [-0.1, -0.05) is 11.6 Å². The van der Waals surface area contributed by atoms with Crippen molar-refractivity contribution in [2.24, 2.45) is 23.2 Å². The molecule has 24 heavy (non-hydrogen) atoms. The van der Waals surface area contributed by atoms with Crippen LogP contribution in [0.1, 0.15) is 48.2 Å². The number of aromatic nitrogens is 1. The molecular weight excluding hydrogens is 328 g/mol. The van der Waals surface area contributed by atoms with E-state index >= 15 is 0 Å². The van der Waals surface area contributed by atoms with Crippen LogP contribution in [0.3, 0.4) is 0 Å². The summed E-state index contributed by atoms with van der Waals surface area (Å²) in [5, 5.41) is 13.0. The molecule has 1 amide bonds. The van der Waals surface area contributed by atoms with E-state index in [0.717, 1.165) is 25.0 Å². The number of hydrogen-bond acceptors (Lipinski definition) is 3. The SMILES string of the molecule is Cc1ccc(C(=O)NC2C3CC4C[C@@H]2CC(C(=O)O)(C4)C3)c(Cl)n1. The van der Waals surface area contributed by atoms with Crippen molar-refractivity contribution >= 4 is 23.5 Å². The number of hydrogen-bond donors (Lipinski definition) is 2. The highest BCUT2D eigenvalue weighted by Crippen LogP contribution is 2.60. The zero-order valence-corrected chi connectivity index (χ0v) is 14.3. The average Bonchev–Trinajstić information content (AvgIpc) is 2.50. The average molecular weight is 349 g/mol. The second-order valence-corrected chi connectivity index (χ2v) is 8.20. The van der Waals surface area contributed by atoms with Crippen LogP contribution in [0.4, 0.5) is 0 Å². The van der Waals surface area contributed by atoms with Crippen LogP contribution in [0.15, 0.2) is 12.1 Å². The third-order valence-electron chi connectivity index (χ3n) is 6.26. The lowest BCUT2D eigenvalue weighted by atomic mass is 9.48. The number of aryl methyl sites for hydroxylation is 1. The predicted molar refractivity (Wildman–Crippen MR) is 88.9 cm³/mol. The maximum absolute atomic E-state index is 12.6. The third-order valence-corrected chi connectivity index (χ3v) is 6.55. The number of carbonyl (C=O) groups is 2. The molecule has 5 atom stereocenters. The van der Waals surface area contributed by atoms with Crippen LogP contribution in [-0.2, 0) is 4.79 Å². The Morgan fingerprint density at radius 1 is 1.25 bits per heavy atom. The van der Waals surface area contributed by atoms with Gasteiger partial charge in [0.1, 0.15) is 5.15 Å². The Hall–Kier alpha value is -1.62. The van der Waals surface area contributed by atoms with E-state index in [2.05, 4.69) is 10.3 Å². The van der Waals surface area contributed by atoms with Gasteiger partial charge >= 0.3 is 5.97 Å². The van der Waals surface area contributed by atoms with Gasteiger partial charge in [-0.25, -0.2) is 4.98 Å². The molecule has 6 heteroatoms. The monoisotopic (exact) mass is 348 g/mol. The number of aliphatic carboxylic acids is 1. The minimum absolute atomic E-state index is 0.0545. The fourth-order valence-corrected chi connectivity index (χ4v) is 5.73. The summed E-state index contributed by atoms with van der Waals surface area (Å²) in [4.78, 5) is 28.5. The Morgan fingerprint density at radius 2 is 1.92 bits per heavy atom. The molecule has 4 aliphatic carbocycles. The molecule has 4 unspecified atom stereocenters. The maximum atomic E-state index is 12.6. The van der Waals surface area contributed by atoms with Crippen molar-refractivity contribution in [2.45, 2.75) is 45.1 Å². The summed E-state index contributed by atoms with van der Waals surface area (Å²) in [7, 11) is 0. The first-order valence-corrected chi connectivity index (χ1v) is 8.93. The molecule has 5 rings (SSSR count). The van der Waals surface area contributed by atoms with Crippen LogP contribution in [-0.4, -0.2) is 28.0 Å². The lowest BCUT2D eigenvalue weighted by molar-refractivity contribution is -0.166. The number of carboxylic acid groups (broad SMARTS) is 1. The largest absolute Gasteiger partial charge is 0.481 e. The number of amides is 1. The van der Waals surface area contributed by atoms with Gasteiger partial charge in [0.2, 0.25) is 0 Å². The quantitative estimate of drug-likeness (QED) is 0.823. The smallest absolute Gasteiger partial charge is 0.309 e. The van der Waals surface area contributed by atoms with Crippen LogP contribution in [0.25, 0.3) is 0 Å². The molecule has 1 aromatic rings. The molecule has 0 spiro atoms. The van der Waals surface area contributed by atoms with Crippen molar-refractivity contribution < 1.29 is 14.7 Å². The zero-order chi connectivity index (χ0) is 17.1. The Balaban J connectivity index is 1.54. The van der Waals surface area contributed by atoms with Crippen molar-refractivity contribution in [2.75, 3.05) is 0 Å². The predicted octanol–water partition coefficient (Wildman–Crippen LogP) is 3.05. The number of nitrogens with zero attached hydrogens (tertiary/aromatic N) is 1. The number of halogens is 1.